The van der Waals surface area contributed by atoms with Crippen LogP contribution < -0.4 is 0 Å². The Morgan fingerprint density at radius 2 is 2.14 bits per heavy atom. The van der Waals surface area contributed by atoms with Crippen LogP contribution in [0.4, 0.5) is 0 Å². The summed E-state index contributed by atoms with van der Waals surface area (Å²) in [4.78, 5) is 15.5. The zero-order valence-electron chi connectivity index (χ0n) is 9.08. The summed E-state index contributed by atoms with van der Waals surface area (Å²) < 4.78 is 0. The fraction of sp³-hybridized carbons (Fsp3) is 0.800. The van der Waals surface area contributed by atoms with E-state index in [0.29, 0.717) is 6.54 Å². The van der Waals surface area contributed by atoms with Gasteiger partial charge in [-0.3, -0.25) is 9.69 Å². The van der Waals surface area contributed by atoms with Crippen molar-refractivity contribution in [1.82, 2.24) is 9.80 Å². The fourth-order valence-electron chi connectivity index (χ4n) is 1.63. The molecular weight excluding hydrogens is 178 g/mol. The molecule has 1 fully saturated rings. The third kappa shape index (κ3) is 2.24. The monoisotopic (exact) mass is 195 g/mol. The van der Waals surface area contributed by atoms with Crippen LogP contribution in [-0.4, -0.2) is 47.9 Å². The van der Waals surface area contributed by atoms with Crippen LogP contribution in [0, 0.1) is 11.3 Å². The van der Waals surface area contributed by atoms with Gasteiger partial charge in [0.05, 0.1) is 6.07 Å². The summed E-state index contributed by atoms with van der Waals surface area (Å²) in [6.07, 6.45) is -0.000204. The van der Waals surface area contributed by atoms with Gasteiger partial charge in [0.15, 0.2) is 0 Å². The molecule has 1 rings (SSSR count). The van der Waals surface area contributed by atoms with E-state index >= 15 is 0 Å². The third-order valence-corrected chi connectivity index (χ3v) is 2.90. The molecule has 0 bridgehead atoms. The lowest BCUT2D eigenvalue weighted by Crippen LogP contribution is -2.58. The number of amides is 1. The highest BCUT2D eigenvalue weighted by Gasteiger charge is 2.32. The van der Waals surface area contributed by atoms with Crippen LogP contribution in [0.1, 0.15) is 20.3 Å². The molecular formula is C10H17N3O. The summed E-state index contributed by atoms with van der Waals surface area (Å²) >= 11 is 0. The van der Waals surface area contributed by atoms with Gasteiger partial charge in [-0.05, 0) is 20.9 Å². The molecule has 4 nitrogen and oxygen atoms in total. The lowest BCUT2D eigenvalue weighted by molar-refractivity contribution is -0.134. The van der Waals surface area contributed by atoms with Gasteiger partial charge in [-0.2, -0.15) is 5.26 Å². The number of piperazine rings is 1. The van der Waals surface area contributed by atoms with Gasteiger partial charge in [-0.1, -0.05) is 0 Å². The molecule has 1 aliphatic rings. The van der Waals surface area contributed by atoms with Gasteiger partial charge in [0.1, 0.15) is 6.42 Å². The van der Waals surface area contributed by atoms with Crippen LogP contribution in [0.3, 0.4) is 0 Å². The predicted molar refractivity (Wildman–Crippen MR) is 53.5 cm³/mol. The number of carbonyl (C=O) groups excluding carboxylic acids is 1. The Morgan fingerprint density at radius 3 is 2.64 bits per heavy atom. The fourth-order valence-corrected chi connectivity index (χ4v) is 1.63. The van der Waals surface area contributed by atoms with Crippen molar-refractivity contribution in [2.45, 2.75) is 25.8 Å². The van der Waals surface area contributed by atoms with E-state index in [2.05, 4.69) is 25.8 Å². The molecule has 0 atom stereocenters. The van der Waals surface area contributed by atoms with Crippen molar-refractivity contribution in [3.63, 3.8) is 0 Å². The molecule has 4 heteroatoms. The molecule has 0 aromatic carbocycles. The summed E-state index contributed by atoms with van der Waals surface area (Å²) in [5.41, 5.74) is 0.0172. The number of carbonyl (C=O) groups is 1. The van der Waals surface area contributed by atoms with Gasteiger partial charge in [0.25, 0.3) is 0 Å². The lowest BCUT2D eigenvalue weighted by atomic mass is 9.99. The largest absolute Gasteiger partial charge is 0.339 e. The SMILES string of the molecule is CN1CCN(C(=O)CC#N)CC1(C)C. The molecule has 0 unspecified atom stereocenters. The van der Waals surface area contributed by atoms with Crippen LogP contribution in [0.2, 0.25) is 0 Å². The van der Waals surface area contributed by atoms with E-state index in [1.807, 2.05) is 6.07 Å². The second kappa shape index (κ2) is 3.97. The summed E-state index contributed by atoms with van der Waals surface area (Å²) in [6.45, 7) is 6.55. The average molecular weight is 195 g/mol. The van der Waals surface area contributed by atoms with Gasteiger partial charge in [-0.25, -0.2) is 0 Å². The summed E-state index contributed by atoms with van der Waals surface area (Å²) in [5.74, 6) is -0.0475. The van der Waals surface area contributed by atoms with Gasteiger partial charge in [0.2, 0.25) is 5.91 Å². The molecule has 1 aliphatic heterocycles. The van der Waals surface area contributed by atoms with Gasteiger partial charge >= 0.3 is 0 Å². The molecule has 1 saturated heterocycles. The highest BCUT2D eigenvalue weighted by molar-refractivity contribution is 5.78. The first-order valence-electron chi connectivity index (χ1n) is 4.83. The van der Waals surface area contributed by atoms with Crippen molar-refractivity contribution in [1.29, 1.82) is 5.26 Å². The maximum Gasteiger partial charge on any atom is 0.236 e. The van der Waals surface area contributed by atoms with Crippen molar-refractivity contribution >= 4 is 5.91 Å². The maximum atomic E-state index is 11.5. The van der Waals surface area contributed by atoms with Crippen molar-refractivity contribution in [3.8, 4) is 6.07 Å². The van der Waals surface area contributed by atoms with Crippen LogP contribution in [0.5, 0.6) is 0 Å². The minimum atomic E-state index is -0.0475. The van der Waals surface area contributed by atoms with Crippen LogP contribution in [-0.2, 0) is 4.79 Å². The quantitative estimate of drug-likeness (QED) is 0.610. The van der Waals surface area contributed by atoms with Crippen LogP contribution in [0.15, 0.2) is 0 Å². The standard InChI is InChI=1S/C10H17N3O/c1-10(2)8-13(7-6-12(10)3)9(14)4-5-11/h4,6-8H2,1-3H3. The number of rotatable bonds is 1. The van der Waals surface area contributed by atoms with Crippen LogP contribution >= 0.6 is 0 Å². The van der Waals surface area contributed by atoms with Crippen LogP contribution in [0.25, 0.3) is 0 Å². The number of hydrogen-bond acceptors (Lipinski definition) is 3. The highest BCUT2D eigenvalue weighted by atomic mass is 16.2. The molecule has 0 aromatic rings. The Morgan fingerprint density at radius 1 is 1.50 bits per heavy atom. The summed E-state index contributed by atoms with van der Waals surface area (Å²) in [5, 5.41) is 8.44. The van der Waals surface area contributed by atoms with Crippen molar-refractivity contribution < 1.29 is 4.79 Å². The highest BCUT2D eigenvalue weighted by Crippen LogP contribution is 2.18. The van der Waals surface area contributed by atoms with E-state index in [0.717, 1.165) is 13.1 Å². The minimum absolute atomic E-state index is 0.000204. The summed E-state index contributed by atoms with van der Waals surface area (Å²) in [7, 11) is 2.06. The lowest BCUT2D eigenvalue weighted by Gasteiger charge is -2.45. The smallest absolute Gasteiger partial charge is 0.236 e. The number of nitrogens with zero attached hydrogens (tertiary/aromatic N) is 3. The van der Waals surface area contributed by atoms with E-state index in [1.54, 1.807) is 4.90 Å². The molecule has 0 radical (unpaired) electrons. The Bertz CT molecular complexity index is 267. The molecule has 0 aromatic heterocycles. The number of hydrogen-bond donors (Lipinski definition) is 0. The first-order valence-corrected chi connectivity index (χ1v) is 4.83. The predicted octanol–water partition coefficient (Wildman–Crippen LogP) is 0.453. The second-order valence-electron chi connectivity index (χ2n) is 4.38. The first-order chi connectivity index (χ1) is 6.47. The van der Waals surface area contributed by atoms with E-state index < -0.39 is 0 Å². The molecule has 1 heterocycles. The Balaban J connectivity index is 2.60. The van der Waals surface area contributed by atoms with Crippen molar-refractivity contribution in [3.05, 3.63) is 0 Å². The molecule has 1 amide bonds. The Hall–Kier alpha value is -1.08. The minimum Gasteiger partial charge on any atom is -0.339 e. The van der Waals surface area contributed by atoms with Gasteiger partial charge in [-0.15, -0.1) is 0 Å². The van der Waals surface area contributed by atoms with Gasteiger partial charge in [0, 0.05) is 25.2 Å². The van der Waals surface area contributed by atoms with E-state index in [4.69, 9.17) is 5.26 Å². The zero-order chi connectivity index (χ0) is 10.8. The van der Waals surface area contributed by atoms with Crippen molar-refractivity contribution in [2.75, 3.05) is 26.7 Å². The average Bonchev–Trinajstić information content (AvgIpc) is 2.10. The van der Waals surface area contributed by atoms with E-state index in [-0.39, 0.29) is 17.9 Å². The van der Waals surface area contributed by atoms with Gasteiger partial charge < -0.3 is 4.90 Å². The molecule has 0 saturated carbocycles. The maximum absolute atomic E-state index is 11.5. The molecule has 14 heavy (non-hydrogen) atoms. The second-order valence-corrected chi connectivity index (χ2v) is 4.38. The van der Waals surface area contributed by atoms with E-state index in [1.165, 1.54) is 0 Å². The zero-order valence-corrected chi connectivity index (χ0v) is 9.08. The topological polar surface area (TPSA) is 47.3 Å². The Labute approximate surface area is 85.1 Å². The Kier molecular flexibility index (Phi) is 3.12. The first kappa shape index (κ1) is 11.0. The molecule has 0 aliphatic carbocycles. The molecule has 78 valence electrons. The summed E-state index contributed by atoms with van der Waals surface area (Å²) in [6, 6.07) is 1.90. The third-order valence-electron chi connectivity index (χ3n) is 2.90. The van der Waals surface area contributed by atoms with Crippen molar-refractivity contribution in [2.24, 2.45) is 0 Å². The van der Waals surface area contributed by atoms with E-state index in [9.17, 15) is 4.79 Å². The number of nitriles is 1. The normalized spacial score (nSPS) is 21.7. The molecule has 0 N–H and O–H groups in total. The molecule has 0 spiro atoms. The number of likely N-dealkylation sites (N-methyl/N-ethyl adjacent to an activating group) is 1.